The molecule has 3 aromatic carbocycles. The van der Waals surface area contributed by atoms with Gasteiger partial charge >= 0.3 is 0 Å². The molecule has 1 amide bonds. The van der Waals surface area contributed by atoms with Crippen molar-refractivity contribution in [3.8, 4) is 0 Å². The molecule has 1 heterocycles. The fraction of sp³-hybridized carbons (Fsp3) is 0.292. The van der Waals surface area contributed by atoms with Crippen LogP contribution in [0.15, 0.2) is 64.2 Å². The van der Waals surface area contributed by atoms with Crippen LogP contribution in [0.1, 0.15) is 47.3 Å². The Hall–Kier alpha value is -3.41. The zero-order valence-corrected chi connectivity index (χ0v) is 17.0. The monoisotopic (exact) mass is 403 g/mol. The van der Waals surface area contributed by atoms with Crippen LogP contribution in [0.2, 0.25) is 0 Å². The Morgan fingerprint density at radius 1 is 0.967 bits per heavy atom. The number of anilines is 2. The first-order valence-corrected chi connectivity index (χ1v) is 10.3. The van der Waals surface area contributed by atoms with Crippen LogP contribution in [0, 0.1) is 0 Å². The minimum atomic E-state index is -0.442. The van der Waals surface area contributed by atoms with E-state index in [1.807, 2.05) is 54.3 Å². The molecule has 0 radical (unpaired) electrons. The number of amides is 1. The second-order valence-electron chi connectivity index (χ2n) is 7.73. The van der Waals surface area contributed by atoms with E-state index in [0.717, 1.165) is 37.1 Å². The third-order valence-corrected chi connectivity index (χ3v) is 5.64. The Labute approximate surface area is 175 Å². The highest BCUT2D eigenvalue weighted by Crippen LogP contribution is 2.24. The highest BCUT2D eigenvalue weighted by atomic mass is 16.2. The number of benzene rings is 2. The number of hydrogen-bond donors (Lipinski definition) is 2. The number of nitrogens with one attached hydrogen (secondary N) is 2. The fourth-order valence-electron chi connectivity index (χ4n) is 3.86. The van der Waals surface area contributed by atoms with Crippen LogP contribution in [0.4, 0.5) is 11.4 Å². The first-order valence-electron chi connectivity index (χ1n) is 10.3. The summed E-state index contributed by atoms with van der Waals surface area (Å²) in [6.45, 7) is 4.03. The third kappa shape index (κ3) is 3.99. The van der Waals surface area contributed by atoms with Gasteiger partial charge in [0.15, 0.2) is 0 Å². The summed E-state index contributed by atoms with van der Waals surface area (Å²) < 4.78 is 0. The number of hydrogen-bond acceptors (Lipinski definition) is 5. The van der Waals surface area contributed by atoms with E-state index in [1.54, 1.807) is 12.1 Å². The van der Waals surface area contributed by atoms with E-state index in [4.69, 9.17) is 0 Å². The number of carbonyl (C=O) groups is 1. The predicted molar refractivity (Wildman–Crippen MR) is 119 cm³/mol. The van der Waals surface area contributed by atoms with Gasteiger partial charge in [-0.15, -0.1) is 0 Å². The van der Waals surface area contributed by atoms with Crippen molar-refractivity contribution in [2.75, 3.05) is 23.3 Å². The molecule has 30 heavy (non-hydrogen) atoms. The van der Waals surface area contributed by atoms with Crippen LogP contribution in [0.3, 0.4) is 0 Å². The molecule has 1 aliphatic heterocycles. The Morgan fingerprint density at radius 2 is 1.63 bits per heavy atom. The van der Waals surface area contributed by atoms with Crippen molar-refractivity contribution in [2.45, 2.75) is 32.4 Å². The van der Waals surface area contributed by atoms with Crippen molar-refractivity contribution in [3.63, 3.8) is 0 Å². The average molecular weight is 403 g/mol. The molecular weight excluding hydrogens is 378 g/mol. The van der Waals surface area contributed by atoms with E-state index >= 15 is 0 Å². The van der Waals surface area contributed by atoms with Crippen LogP contribution in [-0.2, 0) is 6.54 Å². The van der Waals surface area contributed by atoms with Crippen LogP contribution >= 0.6 is 0 Å². The molecule has 0 spiro atoms. The Balaban J connectivity index is 1.36. The summed E-state index contributed by atoms with van der Waals surface area (Å²) in [4.78, 5) is 38.4. The lowest BCUT2D eigenvalue weighted by Crippen LogP contribution is -2.41. The number of carbonyl (C=O) groups excluding carboxylic acids is 1. The van der Waals surface area contributed by atoms with Crippen LogP contribution in [-0.4, -0.2) is 19.0 Å². The fourth-order valence-corrected chi connectivity index (χ4v) is 3.86. The molecule has 6 heteroatoms. The molecule has 0 saturated carbocycles. The average Bonchev–Trinajstić information content (AvgIpc) is 3.30. The number of nitrogens with zero attached hydrogens (tertiary/aromatic N) is 1. The molecule has 1 saturated heterocycles. The molecule has 0 unspecified atom stereocenters. The van der Waals surface area contributed by atoms with Gasteiger partial charge in [0.2, 0.25) is 0 Å². The van der Waals surface area contributed by atoms with Gasteiger partial charge in [0.05, 0.1) is 6.04 Å². The van der Waals surface area contributed by atoms with E-state index < -0.39 is 5.43 Å². The van der Waals surface area contributed by atoms with Crippen molar-refractivity contribution >= 4 is 17.3 Å². The smallest absolute Gasteiger partial charge is 0.253 e. The van der Waals surface area contributed by atoms with Gasteiger partial charge in [-0.1, -0.05) is 42.5 Å². The van der Waals surface area contributed by atoms with E-state index in [-0.39, 0.29) is 17.4 Å². The topological polar surface area (TPSA) is 78.5 Å². The largest absolute Gasteiger partial charge is 0.376 e. The van der Waals surface area contributed by atoms with E-state index in [2.05, 4.69) is 10.6 Å². The summed E-state index contributed by atoms with van der Waals surface area (Å²) in [7, 11) is 0. The van der Waals surface area contributed by atoms with Gasteiger partial charge in [-0.05, 0) is 43.0 Å². The lowest BCUT2D eigenvalue weighted by atomic mass is 10.1. The van der Waals surface area contributed by atoms with E-state index in [0.29, 0.717) is 23.5 Å². The highest BCUT2D eigenvalue weighted by molar-refractivity contribution is 5.94. The summed E-state index contributed by atoms with van der Waals surface area (Å²) in [5, 5.41) is 6.11. The molecule has 2 N–H and O–H groups in total. The van der Waals surface area contributed by atoms with E-state index in [1.165, 1.54) is 0 Å². The third-order valence-electron chi connectivity index (χ3n) is 5.64. The second-order valence-corrected chi connectivity index (χ2v) is 7.73. The summed E-state index contributed by atoms with van der Waals surface area (Å²) in [6.07, 6.45) is 2.09. The molecule has 1 fully saturated rings. The molecular formula is C24H25N3O3. The molecule has 6 nitrogen and oxygen atoms in total. The first kappa shape index (κ1) is 19.9. The van der Waals surface area contributed by atoms with Gasteiger partial charge in [0, 0.05) is 25.2 Å². The zero-order valence-electron chi connectivity index (χ0n) is 17.0. The quantitative estimate of drug-likeness (QED) is 0.593. The molecule has 4 rings (SSSR count). The standard InChI is InChI=1S/C24H25N3O3/c1-16(18-7-3-2-4-8-18)26-24(30)19-11-9-17(10-12-19)15-25-20-21(23(29)22(20)28)27-13-5-6-14-27/h2-4,7-12,16,25H,5-6,13-15H2,1H3,(H,26,30)/t16-/m0/s1. The molecule has 154 valence electrons. The maximum Gasteiger partial charge on any atom is 0.253 e. The molecule has 3 aromatic rings. The van der Waals surface area contributed by atoms with Crippen LogP contribution < -0.4 is 26.4 Å². The number of rotatable bonds is 7. The predicted octanol–water partition coefficient (Wildman–Crippen LogP) is 2.99. The van der Waals surface area contributed by atoms with E-state index in [9.17, 15) is 14.4 Å². The lowest BCUT2D eigenvalue weighted by Gasteiger charge is -2.22. The second kappa shape index (κ2) is 8.53. The summed E-state index contributed by atoms with van der Waals surface area (Å²) in [5.41, 5.74) is 2.68. The Morgan fingerprint density at radius 3 is 2.30 bits per heavy atom. The van der Waals surface area contributed by atoms with Gasteiger partial charge in [-0.3, -0.25) is 14.4 Å². The van der Waals surface area contributed by atoms with Crippen molar-refractivity contribution < 1.29 is 4.79 Å². The highest BCUT2D eigenvalue weighted by Gasteiger charge is 2.27. The van der Waals surface area contributed by atoms with Gasteiger partial charge in [0.1, 0.15) is 11.4 Å². The zero-order chi connectivity index (χ0) is 21.1. The molecule has 1 aliphatic rings. The maximum absolute atomic E-state index is 12.5. The van der Waals surface area contributed by atoms with Crippen molar-refractivity contribution in [3.05, 3.63) is 91.7 Å². The Bertz CT molecular complexity index is 1090. The normalized spacial score (nSPS) is 14.6. The first-order chi connectivity index (χ1) is 14.5. The molecule has 1 atom stereocenters. The minimum absolute atomic E-state index is 0.0850. The summed E-state index contributed by atoms with van der Waals surface area (Å²) in [6, 6.07) is 17.0. The lowest BCUT2D eigenvalue weighted by molar-refractivity contribution is 0.0940. The minimum Gasteiger partial charge on any atom is -0.376 e. The summed E-state index contributed by atoms with van der Waals surface area (Å²) in [5.74, 6) is -0.135. The Kier molecular flexibility index (Phi) is 5.65. The van der Waals surface area contributed by atoms with Crippen LogP contribution in [0.25, 0.3) is 0 Å². The van der Waals surface area contributed by atoms with Gasteiger partial charge in [0.25, 0.3) is 16.8 Å². The maximum atomic E-state index is 12.5. The van der Waals surface area contributed by atoms with Gasteiger partial charge < -0.3 is 15.5 Å². The van der Waals surface area contributed by atoms with Gasteiger partial charge in [-0.2, -0.15) is 0 Å². The summed E-state index contributed by atoms with van der Waals surface area (Å²) >= 11 is 0. The molecule has 0 bridgehead atoms. The van der Waals surface area contributed by atoms with Crippen molar-refractivity contribution in [1.29, 1.82) is 0 Å². The van der Waals surface area contributed by atoms with Crippen molar-refractivity contribution in [1.82, 2.24) is 5.32 Å². The van der Waals surface area contributed by atoms with Crippen LogP contribution in [0.5, 0.6) is 0 Å². The molecule has 0 aliphatic carbocycles. The molecule has 0 aromatic heterocycles. The SMILES string of the molecule is C[C@H](NC(=O)c1ccc(CNc2c(N3CCCC3)c(=O)c2=O)cc1)c1ccccc1. The van der Waals surface area contributed by atoms with Crippen molar-refractivity contribution in [2.24, 2.45) is 0 Å². The van der Waals surface area contributed by atoms with Gasteiger partial charge in [-0.25, -0.2) is 0 Å².